The lowest BCUT2D eigenvalue weighted by Crippen LogP contribution is -2.27. The smallest absolute Gasteiger partial charge is 0.255 e. The van der Waals surface area contributed by atoms with Gasteiger partial charge in [-0.15, -0.1) is 11.3 Å². The van der Waals surface area contributed by atoms with E-state index in [0.717, 1.165) is 34.5 Å². The minimum Gasteiger partial charge on any atom is -0.322 e. The molecule has 1 saturated heterocycles. The standard InChI is InChI=1S/C22H22N2O3S2/c1-16-6-4-9-19(14-16)23-22(25)18-8-5-7-17(15-18)20-10-11-21(28-20)29(26,27)24-12-2-3-13-24/h4-11,14-15H,2-3,12-13H2,1H3,(H,23,25). The molecule has 3 aromatic rings. The summed E-state index contributed by atoms with van der Waals surface area (Å²) in [5.74, 6) is -0.195. The molecule has 29 heavy (non-hydrogen) atoms. The summed E-state index contributed by atoms with van der Waals surface area (Å²) in [5.41, 5.74) is 3.17. The third kappa shape index (κ3) is 4.27. The fourth-order valence-corrected chi connectivity index (χ4v) is 6.38. The van der Waals surface area contributed by atoms with E-state index >= 15 is 0 Å². The van der Waals surface area contributed by atoms with Crippen molar-refractivity contribution in [3.05, 3.63) is 71.8 Å². The average molecular weight is 427 g/mol. The zero-order valence-corrected chi connectivity index (χ0v) is 17.7. The van der Waals surface area contributed by atoms with Crippen LogP contribution in [-0.2, 0) is 10.0 Å². The normalized spacial score (nSPS) is 14.8. The number of hydrogen-bond acceptors (Lipinski definition) is 4. The Morgan fingerprint density at radius 2 is 1.76 bits per heavy atom. The van der Waals surface area contributed by atoms with Crippen molar-refractivity contribution in [3.63, 3.8) is 0 Å². The van der Waals surface area contributed by atoms with Crippen molar-refractivity contribution in [2.75, 3.05) is 18.4 Å². The Kier molecular flexibility index (Phi) is 5.54. The van der Waals surface area contributed by atoms with Crippen molar-refractivity contribution in [3.8, 4) is 10.4 Å². The number of sulfonamides is 1. The molecule has 0 spiro atoms. The van der Waals surface area contributed by atoms with E-state index in [0.29, 0.717) is 22.9 Å². The van der Waals surface area contributed by atoms with Gasteiger partial charge in [0.2, 0.25) is 0 Å². The van der Waals surface area contributed by atoms with Crippen LogP contribution < -0.4 is 5.32 Å². The molecule has 1 aromatic heterocycles. The number of nitrogens with zero attached hydrogens (tertiary/aromatic N) is 1. The number of rotatable bonds is 5. The van der Waals surface area contributed by atoms with Crippen molar-refractivity contribution >= 4 is 33.0 Å². The monoisotopic (exact) mass is 426 g/mol. The first-order valence-electron chi connectivity index (χ1n) is 9.52. The highest BCUT2D eigenvalue weighted by molar-refractivity contribution is 7.91. The molecule has 0 atom stereocenters. The van der Waals surface area contributed by atoms with Crippen LogP contribution in [0.1, 0.15) is 28.8 Å². The highest BCUT2D eigenvalue weighted by Gasteiger charge is 2.28. The molecule has 4 rings (SSSR count). The summed E-state index contributed by atoms with van der Waals surface area (Å²) in [6, 6.07) is 18.4. The predicted octanol–water partition coefficient (Wildman–Crippen LogP) is 4.76. The van der Waals surface area contributed by atoms with Crippen LogP contribution in [0.4, 0.5) is 5.69 Å². The first-order chi connectivity index (χ1) is 13.9. The van der Waals surface area contributed by atoms with Crippen LogP contribution >= 0.6 is 11.3 Å². The zero-order valence-electron chi connectivity index (χ0n) is 16.1. The van der Waals surface area contributed by atoms with Gasteiger partial charge in [0.1, 0.15) is 4.21 Å². The molecule has 0 aliphatic carbocycles. The number of aryl methyl sites for hydroxylation is 1. The summed E-state index contributed by atoms with van der Waals surface area (Å²) in [5, 5.41) is 2.91. The molecule has 1 aliphatic rings. The Morgan fingerprint density at radius 3 is 2.52 bits per heavy atom. The van der Waals surface area contributed by atoms with Gasteiger partial charge in [0, 0.05) is 29.2 Å². The fourth-order valence-electron chi connectivity index (χ4n) is 3.41. The lowest BCUT2D eigenvalue weighted by molar-refractivity contribution is 0.102. The number of benzene rings is 2. The second-order valence-corrected chi connectivity index (χ2v) is 10.4. The fraction of sp³-hybridized carbons (Fsp3) is 0.227. The summed E-state index contributed by atoms with van der Waals surface area (Å²) in [7, 11) is -3.42. The number of nitrogens with one attached hydrogen (secondary N) is 1. The van der Waals surface area contributed by atoms with E-state index in [1.807, 2.05) is 49.4 Å². The second-order valence-electron chi connectivity index (χ2n) is 7.13. The van der Waals surface area contributed by atoms with Gasteiger partial charge in [-0.05, 0) is 67.3 Å². The highest BCUT2D eigenvalue weighted by atomic mass is 32.2. The molecule has 1 aliphatic heterocycles. The lowest BCUT2D eigenvalue weighted by Gasteiger charge is -2.13. The maximum atomic E-state index is 12.8. The van der Waals surface area contributed by atoms with Gasteiger partial charge in [-0.3, -0.25) is 4.79 Å². The van der Waals surface area contributed by atoms with Gasteiger partial charge in [0.15, 0.2) is 0 Å². The van der Waals surface area contributed by atoms with E-state index in [9.17, 15) is 13.2 Å². The Labute approximate surface area is 175 Å². The van der Waals surface area contributed by atoms with Gasteiger partial charge in [-0.1, -0.05) is 24.3 Å². The summed E-state index contributed by atoms with van der Waals surface area (Å²) in [4.78, 5) is 13.5. The maximum absolute atomic E-state index is 12.8. The quantitative estimate of drug-likeness (QED) is 0.640. The van der Waals surface area contributed by atoms with Gasteiger partial charge in [-0.25, -0.2) is 8.42 Å². The Hall–Kier alpha value is -2.48. The molecule has 5 nitrogen and oxygen atoms in total. The van der Waals surface area contributed by atoms with Crippen molar-refractivity contribution < 1.29 is 13.2 Å². The van der Waals surface area contributed by atoms with Crippen LogP contribution in [0.15, 0.2) is 64.9 Å². The minimum atomic E-state index is -3.42. The molecule has 2 heterocycles. The van der Waals surface area contributed by atoms with Crippen LogP contribution in [0.3, 0.4) is 0 Å². The van der Waals surface area contributed by atoms with Crippen molar-refractivity contribution in [2.45, 2.75) is 24.0 Å². The van der Waals surface area contributed by atoms with Crippen LogP contribution in [0.2, 0.25) is 0 Å². The second kappa shape index (κ2) is 8.10. The molecule has 7 heteroatoms. The largest absolute Gasteiger partial charge is 0.322 e. The van der Waals surface area contributed by atoms with Crippen molar-refractivity contribution in [1.29, 1.82) is 0 Å². The van der Waals surface area contributed by atoms with Crippen LogP contribution in [0.5, 0.6) is 0 Å². The predicted molar refractivity (Wildman–Crippen MR) is 117 cm³/mol. The lowest BCUT2D eigenvalue weighted by atomic mass is 10.1. The van der Waals surface area contributed by atoms with Gasteiger partial charge in [0.05, 0.1) is 0 Å². The number of hydrogen-bond donors (Lipinski definition) is 1. The van der Waals surface area contributed by atoms with Gasteiger partial charge < -0.3 is 5.32 Å². The average Bonchev–Trinajstić information content (AvgIpc) is 3.41. The SMILES string of the molecule is Cc1cccc(NC(=O)c2cccc(-c3ccc(S(=O)(=O)N4CCCC4)s3)c2)c1. The molecule has 150 valence electrons. The summed E-state index contributed by atoms with van der Waals surface area (Å²) >= 11 is 1.24. The van der Waals surface area contributed by atoms with Gasteiger partial charge in [-0.2, -0.15) is 4.31 Å². The molecule has 0 radical (unpaired) electrons. The maximum Gasteiger partial charge on any atom is 0.255 e. The third-order valence-electron chi connectivity index (χ3n) is 4.93. The van der Waals surface area contributed by atoms with E-state index in [1.165, 1.54) is 11.3 Å². The molecular weight excluding hydrogens is 404 g/mol. The van der Waals surface area contributed by atoms with Gasteiger partial charge >= 0.3 is 0 Å². The van der Waals surface area contributed by atoms with E-state index in [1.54, 1.807) is 22.5 Å². The topological polar surface area (TPSA) is 66.5 Å². The molecule has 2 aromatic carbocycles. The van der Waals surface area contributed by atoms with Crippen LogP contribution in [-0.4, -0.2) is 31.7 Å². The van der Waals surface area contributed by atoms with Crippen LogP contribution in [0.25, 0.3) is 10.4 Å². The van der Waals surface area contributed by atoms with E-state index in [-0.39, 0.29) is 5.91 Å². The molecule has 1 fully saturated rings. The molecule has 1 amide bonds. The first-order valence-corrected chi connectivity index (χ1v) is 11.8. The van der Waals surface area contributed by atoms with E-state index in [2.05, 4.69) is 5.32 Å². The Morgan fingerprint density at radius 1 is 1.00 bits per heavy atom. The molecule has 1 N–H and O–H groups in total. The number of thiophene rings is 1. The molecular formula is C22H22N2O3S2. The zero-order chi connectivity index (χ0) is 20.4. The molecule has 0 unspecified atom stereocenters. The molecule has 0 bridgehead atoms. The minimum absolute atomic E-state index is 0.195. The highest BCUT2D eigenvalue weighted by Crippen LogP contribution is 2.33. The van der Waals surface area contributed by atoms with Crippen molar-refractivity contribution in [1.82, 2.24) is 4.31 Å². The number of carbonyl (C=O) groups is 1. The van der Waals surface area contributed by atoms with Crippen molar-refractivity contribution in [2.24, 2.45) is 0 Å². The Bertz CT molecular complexity index is 1150. The summed E-state index contributed by atoms with van der Waals surface area (Å²) in [6.45, 7) is 3.15. The number of carbonyl (C=O) groups excluding carboxylic acids is 1. The van der Waals surface area contributed by atoms with Crippen LogP contribution in [0, 0.1) is 6.92 Å². The number of amides is 1. The number of anilines is 1. The molecule has 0 saturated carbocycles. The third-order valence-corrected chi connectivity index (χ3v) is 8.43. The van der Waals surface area contributed by atoms with Gasteiger partial charge in [0.25, 0.3) is 15.9 Å². The van der Waals surface area contributed by atoms with E-state index < -0.39 is 10.0 Å². The summed E-state index contributed by atoms with van der Waals surface area (Å²) in [6.07, 6.45) is 1.82. The first kappa shape index (κ1) is 19.8. The van der Waals surface area contributed by atoms with E-state index in [4.69, 9.17) is 0 Å². The Balaban J connectivity index is 1.56. The summed E-state index contributed by atoms with van der Waals surface area (Å²) < 4.78 is 27.4.